The first-order chi connectivity index (χ1) is 14.0. The molecule has 148 valence electrons. The Morgan fingerprint density at radius 1 is 1.14 bits per heavy atom. The molecule has 3 aromatic rings. The molecular formula is C21H21N5O3. The molecule has 0 aliphatic carbocycles. The highest BCUT2D eigenvalue weighted by Gasteiger charge is 2.33. The van der Waals surface area contributed by atoms with Crippen LogP contribution in [-0.4, -0.2) is 34.9 Å². The van der Waals surface area contributed by atoms with E-state index in [9.17, 15) is 4.79 Å². The molecule has 0 saturated heterocycles. The minimum absolute atomic E-state index is 0.419. The van der Waals surface area contributed by atoms with Crippen LogP contribution < -0.4 is 20.5 Å². The van der Waals surface area contributed by atoms with E-state index in [1.165, 1.54) is 0 Å². The van der Waals surface area contributed by atoms with Crippen molar-refractivity contribution in [1.29, 1.82) is 0 Å². The zero-order chi connectivity index (χ0) is 20.5. The number of carbonyl (C=O) groups excluding carboxylic acids is 1. The molecule has 1 unspecified atom stereocenters. The molecule has 2 aromatic carbocycles. The number of anilines is 1. The molecule has 1 aliphatic rings. The molecule has 0 radical (unpaired) electrons. The number of hydrogen-bond donors (Lipinski definition) is 2. The molecule has 8 nitrogen and oxygen atoms in total. The third kappa shape index (κ3) is 3.18. The number of ether oxygens (including phenoxy) is 2. The summed E-state index contributed by atoms with van der Waals surface area (Å²) >= 11 is 0. The van der Waals surface area contributed by atoms with E-state index in [4.69, 9.17) is 20.3 Å². The van der Waals surface area contributed by atoms with Gasteiger partial charge in [-0.05, 0) is 36.8 Å². The predicted octanol–water partition coefficient (Wildman–Crippen LogP) is 2.74. The summed E-state index contributed by atoms with van der Waals surface area (Å²) in [5.74, 6) is 1.81. The molecule has 3 N–H and O–H groups in total. The van der Waals surface area contributed by atoms with E-state index in [0.717, 1.165) is 11.1 Å². The van der Waals surface area contributed by atoms with Gasteiger partial charge in [-0.25, -0.2) is 4.68 Å². The van der Waals surface area contributed by atoms with Crippen molar-refractivity contribution in [3.8, 4) is 22.9 Å². The Morgan fingerprint density at radius 2 is 1.93 bits per heavy atom. The number of carbonyl (C=O) groups is 1. The lowest BCUT2D eigenvalue weighted by Gasteiger charge is -2.27. The molecule has 4 rings (SSSR count). The second-order valence-electron chi connectivity index (χ2n) is 6.61. The van der Waals surface area contributed by atoms with Crippen molar-refractivity contribution in [1.82, 2.24) is 14.8 Å². The number of rotatable bonds is 5. The molecule has 1 amide bonds. The third-order valence-electron chi connectivity index (χ3n) is 4.88. The molecule has 0 bridgehead atoms. The van der Waals surface area contributed by atoms with Crippen LogP contribution in [-0.2, 0) is 4.79 Å². The van der Waals surface area contributed by atoms with Crippen molar-refractivity contribution in [2.24, 2.45) is 5.73 Å². The first-order valence-electron chi connectivity index (χ1n) is 9.05. The van der Waals surface area contributed by atoms with Gasteiger partial charge in [0.05, 0.1) is 25.4 Å². The molecule has 0 fully saturated rings. The monoisotopic (exact) mass is 391 g/mol. The standard InChI is InChI=1S/C21H21N5O3/c1-12-17(19(22)27)18(13-7-6-8-14(11-13)28-2)26-21(23-12)24-20(25-26)15-9-4-5-10-16(15)29-3/h4-11,18H,1-3H3,(H2,22,27)(H,23,24,25). The summed E-state index contributed by atoms with van der Waals surface area (Å²) in [5, 5.41) is 7.83. The summed E-state index contributed by atoms with van der Waals surface area (Å²) in [7, 11) is 3.20. The van der Waals surface area contributed by atoms with E-state index >= 15 is 0 Å². The van der Waals surface area contributed by atoms with Crippen molar-refractivity contribution < 1.29 is 14.3 Å². The van der Waals surface area contributed by atoms with E-state index < -0.39 is 11.9 Å². The smallest absolute Gasteiger partial charge is 0.248 e. The maximum atomic E-state index is 12.3. The summed E-state index contributed by atoms with van der Waals surface area (Å²) < 4.78 is 12.5. The van der Waals surface area contributed by atoms with E-state index in [-0.39, 0.29) is 0 Å². The molecule has 2 heterocycles. The number of amides is 1. The van der Waals surface area contributed by atoms with Crippen LogP contribution in [0.25, 0.3) is 11.4 Å². The maximum Gasteiger partial charge on any atom is 0.248 e. The average molecular weight is 391 g/mol. The predicted molar refractivity (Wildman–Crippen MR) is 109 cm³/mol. The molecule has 0 spiro atoms. The number of nitrogens with zero attached hydrogens (tertiary/aromatic N) is 3. The third-order valence-corrected chi connectivity index (χ3v) is 4.88. The number of hydrogen-bond acceptors (Lipinski definition) is 6. The first kappa shape index (κ1) is 18.5. The summed E-state index contributed by atoms with van der Waals surface area (Å²) in [6.45, 7) is 1.80. The largest absolute Gasteiger partial charge is 0.497 e. The van der Waals surface area contributed by atoms with Gasteiger partial charge in [0.2, 0.25) is 11.9 Å². The first-order valence-corrected chi connectivity index (χ1v) is 9.05. The number of primary amides is 1. The Bertz CT molecular complexity index is 1120. The topological polar surface area (TPSA) is 104 Å². The minimum Gasteiger partial charge on any atom is -0.497 e. The van der Waals surface area contributed by atoms with Gasteiger partial charge in [0, 0.05) is 5.70 Å². The van der Waals surface area contributed by atoms with Gasteiger partial charge in [0.25, 0.3) is 0 Å². The van der Waals surface area contributed by atoms with Crippen molar-refractivity contribution in [2.45, 2.75) is 13.0 Å². The van der Waals surface area contributed by atoms with Crippen molar-refractivity contribution >= 4 is 11.9 Å². The van der Waals surface area contributed by atoms with Crippen LogP contribution in [0.1, 0.15) is 18.5 Å². The van der Waals surface area contributed by atoms with Crippen LogP contribution in [0.3, 0.4) is 0 Å². The van der Waals surface area contributed by atoms with E-state index in [1.807, 2.05) is 48.5 Å². The van der Waals surface area contributed by atoms with Crippen LogP contribution in [0.4, 0.5) is 5.95 Å². The molecule has 8 heteroatoms. The summed E-state index contributed by atoms with van der Waals surface area (Å²) in [6.07, 6.45) is 0. The van der Waals surface area contributed by atoms with Crippen molar-refractivity contribution in [3.05, 3.63) is 65.4 Å². The zero-order valence-corrected chi connectivity index (χ0v) is 16.3. The molecule has 29 heavy (non-hydrogen) atoms. The fourth-order valence-electron chi connectivity index (χ4n) is 3.53. The Kier molecular flexibility index (Phi) is 4.67. The fraction of sp³-hybridized carbons (Fsp3) is 0.190. The lowest BCUT2D eigenvalue weighted by molar-refractivity contribution is -0.115. The Morgan fingerprint density at radius 3 is 2.66 bits per heavy atom. The molecular weight excluding hydrogens is 370 g/mol. The quantitative estimate of drug-likeness (QED) is 0.693. The van der Waals surface area contributed by atoms with Gasteiger partial charge in [-0.15, -0.1) is 5.10 Å². The summed E-state index contributed by atoms with van der Waals surface area (Å²) in [4.78, 5) is 16.9. The van der Waals surface area contributed by atoms with E-state index in [2.05, 4.69) is 10.3 Å². The van der Waals surface area contributed by atoms with E-state index in [1.54, 1.807) is 25.8 Å². The average Bonchev–Trinajstić information content (AvgIpc) is 3.15. The van der Waals surface area contributed by atoms with E-state index in [0.29, 0.717) is 34.5 Å². The SMILES string of the molecule is COc1cccc(C2C(C(N)=O)=C(C)Nc3nc(-c4ccccc4OC)nn32)c1. The van der Waals surface area contributed by atoms with Crippen molar-refractivity contribution in [3.63, 3.8) is 0 Å². The van der Waals surface area contributed by atoms with Gasteiger partial charge < -0.3 is 20.5 Å². The molecule has 0 saturated carbocycles. The van der Waals surface area contributed by atoms with Crippen molar-refractivity contribution in [2.75, 3.05) is 19.5 Å². The summed E-state index contributed by atoms with van der Waals surface area (Å²) in [5.41, 5.74) is 8.35. The molecule has 1 atom stereocenters. The van der Waals surface area contributed by atoms with Crippen LogP contribution in [0.2, 0.25) is 0 Å². The molecule has 1 aliphatic heterocycles. The maximum absolute atomic E-state index is 12.3. The van der Waals surface area contributed by atoms with Gasteiger partial charge in [0.15, 0.2) is 5.82 Å². The highest BCUT2D eigenvalue weighted by atomic mass is 16.5. The highest BCUT2D eigenvalue weighted by Crippen LogP contribution is 2.38. The number of benzene rings is 2. The number of nitrogens with one attached hydrogen (secondary N) is 1. The number of methoxy groups -OCH3 is 2. The number of allylic oxidation sites excluding steroid dienone is 1. The Balaban J connectivity index is 1.90. The lowest BCUT2D eigenvalue weighted by Crippen LogP contribution is -2.31. The lowest BCUT2D eigenvalue weighted by atomic mass is 9.95. The molecule has 1 aromatic heterocycles. The van der Waals surface area contributed by atoms with Crippen LogP contribution >= 0.6 is 0 Å². The highest BCUT2D eigenvalue weighted by molar-refractivity contribution is 5.95. The number of nitrogens with two attached hydrogens (primary N) is 1. The number of aromatic nitrogens is 3. The van der Waals surface area contributed by atoms with Gasteiger partial charge >= 0.3 is 0 Å². The zero-order valence-electron chi connectivity index (χ0n) is 16.3. The van der Waals surface area contributed by atoms with Gasteiger partial charge in [-0.1, -0.05) is 24.3 Å². The van der Waals surface area contributed by atoms with Gasteiger partial charge in [0.1, 0.15) is 17.5 Å². The minimum atomic E-state index is -0.533. The second-order valence-corrected chi connectivity index (χ2v) is 6.61. The van der Waals surface area contributed by atoms with Gasteiger partial charge in [-0.2, -0.15) is 4.98 Å². The van der Waals surface area contributed by atoms with Crippen LogP contribution in [0.5, 0.6) is 11.5 Å². The van der Waals surface area contributed by atoms with Gasteiger partial charge in [-0.3, -0.25) is 4.79 Å². The number of para-hydroxylation sites is 1. The Hall–Kier alpha value is -3.81. The Labute approximate surface area is 168 Å². The van der Waals surface area contributed by atoms with Crippen LogP contribution in [0.15, 0.2) is 59.8 Å². The second kappa shape index (κ2) is 7.31. The fourth-order valence-corrected chi connectivity index (χ4v) is 3.53. The summed E-state index contributed by atoms with van der Waals surface area (Å²) in [6, 6.07) is 14.4. The van der Waals surface area contributed by atoms with Crippen LogP contribution in [0, 0.1) is 0 Å². The normalized spacial score (nSPS) is 15.5. The number of fused-ring (bicyclic) bond motifs is 1.